The fourth-order valence-electron chi connectivity index (χ4n) is 1.92. The molecular weight excluding hydrogens is 278 g/mol. The van der Waals surface area contributed by atoms with Crippen LogP contribution >= 0.6 is 23.8 Å². The molecule has 19 heavy (non-hydrogen) atoms. The van der Waals surface area contributed by atoms with Gasteiger partial charge in [-0.3, -0.25) is 0 Å². The first-order chi connectivity index (χ1) is 8.95. The van der Waals surface area contributed by atoms with Gasteiger partial charge in [-0.05, 0) is 38.7 Å². The van der Waals surface area contributed by atoms with E-state index < -0.39 is 0 Å². The molecule has 0 bridgehead atoms. The van der Waals surface area contributed by atoms with E-state index >= 15 is 0 Å². The fourth-order valence-corrected chi connectivity index (χ4v) is 2.26. The quantitative estimate of drug-likeness (QED) is 0.785. The Kier molecular flexibility index (Phi) is 6.55. The summed E-state index contributed by atoms with van der Waals surface area (Å²) in [6.45, 7) is 5.07. The van der Waals surface area contributed by atoms with Crippen LogP contribution in [0.3, 0.4) is 0 Å². The van der Waals surface area contributed by atoms with E-state index in [1.54, 1.807) is 0 Å². The smallest absolute Gasteiger partial charge is 0.106 e. The first-order valence-electron chi connectivity index (χ1n) is 6.44. The Morgan fingerprint density at radius 1 is 1.26 bits per heavy atom. The predicted octanol–water partition coefficient (Wildman–Crippen LogP) is 2.75. The van der Waals surface area contributed by atoms with Gasteiger partial charge in [0.25, 0.3) is 0 Å². The van der Waals surface area contributed by atoms with Crippen molar-refractivity contribution < 1.29 is 0 Å². The van der Waals surface area contributed by atoms with Crippen molar-refractivity contribution in [3.8, 4) is 0 Å². The highest BCUT2D eigenvalue weighted by Gasteiger charge is 2.13. The standard InChI is InChI=1S/C14H22ClN3S/c1-4-7-18(9-8-17(2)3)13-6-5-11(15)10-12(13)14(16)19/h5-6,10H,4,7-9H2,1-3H3,(H2,16,19). The molecule has 0 unspecified atom stereocenters. The highest BCUT2D eigenvalue weighted by Crippen LogP contribution is 2.24. The van der Waals surface area contributed by atoms with Crippen molar-refractivity contribution in [2.24, 2.45) is 5.73 Å². The summed E-state index contributed by atoms with van der Waals surface area (Å²) in [4.78, 5) is 4.87. The normalized spacial score (nSPS) is 10.8. The van der Waals surface area contributed by atoms with E-state index in [1.165, 1.54) is 0 Å². The molecule has 3 nitrogen and oxygen atoms in total. The SMILES string of the molecule is CCCN(CCN(C)C)c1ccc(Cl)cc1C(N)=S. The number of hydrogen-bond donors (Lipinski definition) is 1. The second kappa shape index (κ2) is 7.68. The topological polar surface area (TPSA) is 32.5 Å². The van der Waals surface area contributed by atoms with Crippen LogP contribution in [-0.2, 0) is 0 Å². The van der Waals surface area contributed by atoms with Gasteiger partial charge in [-0.25, -0.2) is 0 Å². The third kappa shape index (κ3) is 4.97. The molecule has 0 atom stereocenters. The van der Waals surface area contributed by atoms with Gasteiger partial charge in [-0.1, -0.05) is 30.7 Å². The Labute approximate surface area is 126 Å². The molecule has 0 fully saturated rings. The number of nitrogens with zero attached hydrogens (tertiary/aromatic N) is 2. The molecule has 1 aromatic rings. The summed E-state index contributed by atoms with van der Waals surface area (Å²) in [5.41, 5.74) is 7.74. The van der Waals surface area contributed by atoms with Gasteiger partial charge < -0.3 is 15.5 Å². The maximum atomic E-state index is 6.03. The molecular formula is C14H22ClN3S. The van der Waals surface area contributed by atoms with E-state index in [-0.39, 0.29) is 0 Å². The largest absolute Gasteiger partial charge is 0.389 e. The number of likely N-dealkylation sites (N-methyl/N-ethyl adjacent to an activating group) is 1. The van der Waals surface area contributed by atoms with Crippen LogP contribution < -0.4 is 10.6 Å². The van der Waals surface area contributed by atoms with Crippen LogP contribution in [0.5, 0.6) is 0 Å². The highest BCUT2D eigenvalue weighted by molar-refractivity contribution is 7.80. The number of anilines is 1. The first-order valence-corrected chi connectivity index (χ1v) is 7.23. The van der Waals surface area contributed by atoms with Gasteiger partial charge in [-0.2, -0.15) is 0 Å². The van der Waals surface area contributed by atoms with Crippen LogP contribution in [-0.4, -0.2) is 43.6 Å². The zero-order chi connectivity index (χ0) is 14.4. The van der Waals surface area contributed by atoms with Crippen LogP contribution in [0, 0.1) is 0 Å². The van der Waals surface area contributed by atoms with E-state index in [0.29, 0.717) is 10.0 Å². The van der Waals surface area contributed by atoms with Gasteiger partial charge in [0.2, 0.25) is 0 Å². The molecule has 0 aliphatic rings. The van der Waals surface area contributed by atoms with Crippen molar-refractivity contribution in [1.82, 2.24) is 4.90 Å². The molecule has 0 aliphatic carbocycles. The van der Waals surface area contributed by atoms with Crippen molar-refractivity contribution in [3.05, 3.63) is 28.8 Å². The predicted molar refractivity (Wildman–Crippen MR) is 88.4 cm³/mol. The molecule has 0 saturated heterocycles. The van der Waals surface area contributed by atoms with Crippen molar-refractivity contribution in [2.45, 2.75) is 13.3 Å². The maximum absolute atomic E-state index is 6.03. The Morgan fingerprint density at radius 3 is 2.47 bits per heavy atom. The molecule has 5 heteroatoms. The second-order valence-corrected chi connectivity index (χ2v) is 5.69. The zero-order valence-electron chi connectivity index (χ0n) is 11.8. The second-order valence-electron chi connectivity index (χ2n) is 4.82. The van der Waals surface area contributed by atoms with Gasteiger partial charge in [0.15, 0.2) is 0 Å². The average molecular weight is 300 g/mol. The molecule has 1 aromatic carbocycles. The molecule has 2 N–H and O–H groups in total. The van der Waals surface area contributed by atoms with Gasteiger partial charge in [0, 0.05) is 35.9 Å². The summed E-state index contributed by atoms with van der Waals surface area (Å²) >= 11 is 11.2. The summed E-state index contributed by atoms with van der Waals surface area (Å²) in [5.74, 6) is 0. The van der Waals surface area contributed by atoms with Crippen molar-refractivity contribution in [1.29, 1.82) is 0 Å². The van der Waals surface area contributed by atoms with Crippen LogP contribution in [0.4, 0.5) is 5.69 Å². The van der Waals surface area contributed by atoms with Crippen LogP contribution in [0.2, 0.25) is 5.02 Å². The van der Waals surface area contributed by atoms with Crippen molar-refractivity contribution in [2.75, 3.05) is 38.6 Å². The summed E-state index contributed by atoms with van der Waals surface area (Å²) in [5, 5.41) is 0.663. The monoisotopic (exact) mass is 299 g/mol. The van der Waals surface area contributed by atoms with Gasteiger partial charge >= 0.3 is 0 Å². The van der Waals surface area contributed by atoms with Gasteiger partial charge in [0.1, 0.15) is 4.99 Å². The molecule has 0 heterocycles. The van der Waals surface area contributed by atoms with Crippen LogP contribution in [0.25, 0.3) is 0 Å². The summed E-state index contributed by atoms with van der Waals surface area (Å²) in [6.07, 6.45) is 1.08. The zero-order valence-corrected chi connectivity index (χ0v) is 13.4. The minimum absolute atomic E-state index is 0.392. The van der Waals surface area contributed by atoms with E-state index in [1.807, 2.05) is 18.2 Å². The minimum Gasteiger partial charge on any atom is -0.389 e. The molecule has 0 aliphatic heterocycles. The fraction of sp³-hybridized carbons (Fsp3) is 0.500. The summed E-state index contributed by atoms with van der Waals surface area (Å²) in [7, 11) is 4.14. The lowest BCUT2D eigenvalue weighted by molar-refractivity contribution is 0.413. The lowest BCUT2D eigenvalue weighted by Gasteiger charge is -2.28. The first kappa shape index (κ1) is 16.2. The summed E-state index contributed by atoms with van der Waals surface area (Å²) < 4.78 is 0. The Hall–Kier alpha value is -0.840. The van der Waals surface area contributed by atoms with E-state index in [9.17, 15) is 0 Å². The molecule has 106 valence electrons. The Balaban J connectivity index is 3.03. The highest BCUT2D eigenvalue weighted by atomic mass is 35.5. The molecule has 0 saturated carbocycles. The van der Waals surface area contributed by atoms with Gasteiger partial charge in [0.05, 0.1) is 0 Å². The van der Waals surface area contributed by atoms with Crippen molar-refractivity contribution >= 4 is 34.5 Å². The maximum Gasteiger partial charge on any atom is 0.106 e. The lowest BCUT2D eigenvalue weighted by Crippen LogP contribution is -2.33. The third-order valence-corrected chi connectivity index (χ3v) is 3.33. The van der Waals surface area contributed by atoms with E-state index in [2.05, 4.69) is 30.8 Å². The number of thiocarbonyl (C=S) groups is 1. The van der Waals surface area contributed by atoms with E-state index in [4.69, 9.17) is 29.6 Å². The summed E-state index contributed by atoms with van der Waals surface area (Å²) in [6, 6.07) is 5.73. The number of nitrogens with two attached hydrogens (primary N) is 1. The molecule has 0 aromatic heterocycles. The average Bonchev–Trinajstić information content (AvgIpc) is 2.34. The Bertz CT molecular complexity index is 435. The molecule has 1 rings (SSSR count). The number of halogens is 1. The van der Waals surface area contributed by atoms with Gasteiger partial charge in [-0.15, -0.1) is 0 Å². The van der Waals surface area contributed by atoms with Crippen LogP contribution in [0.15, 0.2) is 18.2 Å². The molecule has 0 amide bonds. The van der Waals surface area contributed by atoms with Crippen LogP contribution in [0.1, 0.15) is 18.9 Å². The number of hydrogen-bond acceptors (Lipinski definition) is 3. The molecule has 0 spiro atoms. The van der Waals surface area contributed by atoms with E-state index in [0.717, 1.165) is 37.3 Å². The lowest BCUT2D eigenvalue weighted by atomic mass is 10.1. The molecule has 0 radical (unpaired) electrons. The Morgan fingerprint density at radius 2 is 1.95 bits per heavy atom. The number of benzene rings is 1. The van der Waals surface area contributed by atoms with Crippen molar-refractivity contribution in [3.63, 3.8) is 0 Å². The number of rotatable bonds is 7. The third-order valence-electron chi connectivity index (χ3n) is 2.88. The minimum atomic E-state index is 0.392.